The Morgan fingerprint density at radius 1 is 1.00 bits per heavy atom. The number of aromatic hydroxyl groups is 1. The number of hydrogen-bond donors (Lipinski definition) is 3. The van der Waals surface area contributed by atoms with Gasteiger partial charge in [-0.1, -0.05) is 31.0 Å². The van der Waals surface area contributed by atoms with Crippen LogP contribution in [0.3, 0.4) is 0 Å². The number of rotatable bonds is 6. The number of amides is 2. The maximum absolute atomic E-state index is 12.6. The molecule has 0 unspecified atom stereocenters. The smallest absolute Gasteiger partial charge is 0.315 e. The molecule has 1 heterocycles. The lowest BCUT2D eigenvalue weighted by molar-refractivity contribution is 0.170. The van der Waals surface area contributed by atoms with E-state index >= 15 is 0 Å². The highest BCUT2D eigenvalue weighted by molar-refractivity contribution is 5.75. The summed E-state index contributed by atoms with van der Waals surface area (Å²) in [6.07, 6.45) is 5.73. The molecule has 0 bridgehead atoms. The van der Waals surface area contributed by atoms with Gasteiger partial charge in [0.2, 0.25) is 0 Å². The van der Waals surface area contributed by atoms with Gasteiger partial charge in [0.25, 0.3) is 0 Å². The summed E-state index contributed by atoms with van der Waals surface area (Å²) in [5.41, 5.74) is 1.88. The highest BCUT2D eigenvalue weighted by atomic mass is 16.6. The molecule has 4 rings (SSSR count). The van der Waals surface area contributed by atoms with Crippen LogP contribution in [-0.4, -0.2) is 30.9 Å². The van der Waals surface area contributed by atoms with Gasteiger partial charge >= 0.3 is 6.03 Å². The molecule has 1 aliphatic heterocycles. The number of phenols is 1. The average molecular weight is 396 g/mol. The van der Waals surface area contributed by atoms with Gasteiger partial charge in [-0.3, -0.25) is 0 Å². The first-order valence-corrected chi connectivity index (χ1v) is 10.4. The Kier molecular flexibility index (Phi) is 5.79. The topological polar surface area (TPSA) is 79.8 Å². The number of ether oxygens (including phenoxy) is 2. The number of phenolic OH excluding ortho intramolecular Hbond substituents is 1. The van der Waals surface area contributed by atoms with E-state index in [0.29, 0.717) is 19.8 Å². The molecule has 2 aliphatic rings. The van der Waals surface area contributed by atoms with Gasteiger partial charge < -0.3 is 25.2 Å². The van der Waals surface area contributed by atoms with Crippen molar-refractivity contribution in [2.45, 2.75) is 44.1 Å². The molecule has 0 radical (unpaired) electrons. The summed E-state index contributed by atoms with van der Waals surface area (Å²) in [5, 5.41) is 15.6. The Balaban J connectivity index is 1.34. The first-order chi connectivity index (χ1) is 14.1. The lowest BCUT2D eigenvalue weighted by Gasteiger charge is -2.32. The third-order valence-corrected chi connectivity index (χ3v) is 5.77. The van der Waals surface area contributed by atoms with E-state index in [1.54, 1.807) is 12.1 Å². The van der Waals surface area contributed by atoms with Crippen molar-refractivity contribution in [1.29, 1.82) is 0 Å². The lowest BCUT2D eigenvalue weighted by atomic mass is 9.88. The highest BCUT2D eigenvalue weighted by Gasteiger charge is 2.37. The Labute approximate surface area is 171 Å². The molecule has 1 saturated carbocycles. The van der Waals surface area contributed by atoms with E-state index < -0.39 is 0 Å². The van der Waals surface area contributed by atoms with Crippen LogP contribution in [0.5, 0.6) is 17.2 Å². The molecule has 154 valence electrons. The summed E-state index contributed by atoms with van der Waals surface area (Å²) >= 11 is 0. The molecular weight excluding hydrogens is 368 g/mol. The van der Waals surface area contributed by atoms with E-state index in [1.807, 2.05) is 30.3 Å². The first kappa shape index (κ1) is 19.4. The van der Waals surface area contributed by atoms with Crippen LogP contribution in [-0.2, 0) is 12.0 Å². The van der Waals surface area contributed by atoms with Gasteiger partial charge in [0.05, 0.1) is 5.54 Å². The second-order valence-electron chi connectivity index (χ2n) is 7.80. The summed E-state index contributed by atoms with van der Waals surface area (Å²) in [6.45, 7) is 1.73. The second-order valence-corrected chi connectivity index (χ2v) is 7.80. The summed E-state index contributed by atoms with van der Waals surface area (Å²) in [7, 11) is 0. The summed E-state index contributed by atoms with van der Waals surface area (Å²) in [5.74, 6) is 1.80. The Hall–Kier alpha value is -2.89. The first-order valence-electron chi connectivity index (χ1n) is 10.4. The van der Waals surface area contributed by atoms with Crippen LogP contribution in [0.4, 0.5) is 4.79 Å². The number of carbonyl (C=O) groups is 1. The Morgan fingerprint density at radius 2 is 1.72 bits per heavy atom. The van der Waals surface area contributed by atoms with Crippen LogP contribution >= 0.6 is 0 Å². The molecule has 0 saturated heterocycles. The minimum absolute atomic E-state index is 0.132. The van der Waals surface area contributed by atoms with Gasteiger partial charge in [-0.15, -0.1) is 0 Å². The summed E-state index contributed by atoms with van der Waals surface area (Å²) in [4.78, 5) is 12.6. The average Bonchev–Trinajstić information content (AvgIpc) is 3.22. The molecule has 2 amide bonds. The van der Waals surface area contributed by atoms with Crippen LogP contribution < -0.4 is 20.1 Å². The zero-order valence-corrected chi connectivity index (χ0v) is 16.6. The second kappa shape index (κ2) is 8.64. The number of benzene rings is 2. The minimum atomic E-state index is -0.350. The van der Waals surface area contributed by atoms with Crippen molar-refractivity contribution in [3.05, 3.63) is 53.6 Å². The maximum Gasteiger partial charge on any atom is 0.315 e. The Bertz CT molecular complexity index is 844. The molecule has 6 heteroatoms. The van der Waals surface area contributed by atoms with E-state index in [0.717, 1.165) is 61.2 Å². The SMILES string of the molecule is O=C(NCCCc1ccc(O)cc1)NC1(c2ccc3c(c2)OCCO3)CCCC1. The van der Waals surface area contributed by atoms with Crippen molar-refractivity contribution in [1.82, 2.24) is 10.6 Å². The predicted octanol–water partition coefficient (Wildman–Crippen LogP) is 3.86. The Morgan fingerprint density at radius 3 is 2.48 bits per heavy atom. The fourth-order valence-electron chi connectivity index (χ4n) is 4.22. The molecule has 0 aromatic heterocycles. The van der Waals surface area contributed by atoms with Crippen LogP contribution in [0.2, 0.25) is 0 Å². The molecule has 0 atom stereocenters. The van der Waals surface area contributed by atoms with Crippen LogP contribution in [0.1, 0.15) is 43.2 Å². The summed E-state index contributed by atoms with van der Waals surface area (Å²) < 4.78 is 11.4. The predicted molar refractivity (Wildman–Crippen MR) is 111 cm³/mol. The third kappa shape index (κ3) is 4.58. The zero-order valence-electron chi connectivity index (χ0n) is 16.6. The standard InChI is InChI=1S/C23H28N2O4/c26-19-8-5-17(6-9-19)4-3-13-24-22(27)25-23(11-1-2-12-23)18-7-10-20-21(16-18)29-15-14-28-20/h5-10,16,26H,1-4,11-15H2,(H2,24,25,27). The van der Waals surface area contributed by atoms with Gasteiger partial charge in [0, 0.05) is 6.54 Å². The van der Waals surface area contributed by atoms with Crippen molar-refractivity contribution < 1.29 is 19.4 Å². The normalized spacial score (nSPS) is 17.0. The number of carbonyl (C=O) groups excluding carboxylic acids is 1. The molecule has 1 fully saturated rings. The number of fused-ring (bicyclic) bond motifs is 1. The van der Waals surface area contributed by atoms with Crippen molar-refractivity contribution >= 4 is 6.03 Å². The van der Waals surface area contributed by atoms with E-state index in [1.165, 1.54) is 0 Å². The third-order valence-electron chi connectivity index (χ3n) is 5.77. The molecule has 6 nitrogen and oxygen atoms in total. The number of urea groups is 1. The van der Waals surface area contributed by atoms with Gasteiger partial charge in [0.1, 0.15) is 19.0 Å². The lowest BCUT2D eigenvalue weighted by Crippen LogP contribution is -2.48. The molecule has 3 N–H and O–H groups in total. The van der Waals surface area contributed by atoms with Crippen molar-refractivity contribution in [3.63, 3.8) is 0 Å². The summed E-state index contributed by atoms with van der Waals surface area (Å²) in [6, 6.07) is 13.1. The molecule has 2 aromatic carbocycles. The van der Waals surface area contributed by atoms with Crippen molar-refractivity contribution in [2.24, 2.45) is 0 Å². The fraction of sp³-hybridized carbons (Fsp3) is 0.435. The van der Waals surface area contributed by atoms with Crippen molar-refractivity contribution in [2.75, 3.05) is 19.8 Å². The zero-order chi connectivity index (χ0) is 20.1. The fourth-order valence-corrected chi connectivity index (χ4v) is 4.22. The van der Waals surface area contributed by atoms with Crippen molar-refractivity contribution in [3.8, 4) is 17.2 Å². The van der Waals surface area contributed by atoms with Gasteiger partial charge in [-0.05, 0) is 61.1 Å². The molecule has 1 aliphatic carbocycles. The number of aryl methyl sites for hydroxylation is 1. The maximum atomic E-state index is 12.6. The highest BCUT2D eigenvalue weighted by Crippen LogP contribution is 2.42. The molecular formula is C23H28N2O4. The number of hydrogen-bond acceptors (Lipinski definition) is 4. The minimum Gasteiger partial charge on any atom is -0.508 e. The van der Waals surface area contributed by atoms with E-state index in [9.17, 15) is 9.90 Å². The largest absolute Gasteiger partial charge is 0.508 e. The molecule has 2 aromatic rings. The van der Waals surface area contributed by atoms with E-state index in [-0.39, 0.29) is 17.3 Å². The van der Waals surface area contributed by atoms with Gasteiger partial charge in [-0.25, -0.2) is 4.79 Å². The van der Waals surface area contributed by atoms with E-state index in [2.05, 4.69) is 10.6 Å². The van der Waals surface area contributed by atoms with Crippen LogP contribution in [0.25, 0.3) is 0 Å². The molecule has 0 spiro atoms. The number of nitrogens with one attached hydrogen (secondary N) is 2. The van der Waals surface area contributed by atoms with Crippen LogP contribution in [0, 0.1) is 0 Å². The monoisotopic (exact) mass is 396 g/mol. The van der Waals surface area contributed by atoms with Crippen LogP contribution in [0.15, 0.2) is 42.5 Å². The van der Waals surface area contributed by atoms with E-state index in [4.69, 9.17) is 9.47 Å². The quantitative estimate of drug-likeness (QED) is 0.648. The van der Waals surface area contributed by atoms with Gasteiger partial charge in [-0.2, -0.15) is 0 Å². The molecule has 29 heavy (non-hydrogen) atoms. The van der Waals surface area contributed by atoms with Gasteiger partial charge in [0.15, 0.2) is 11.5 Å².